The predicted molar refractivity (Wildman–Crippen MR) is 70.3 cm³/mol. The van der Waals surface area contributed by atoms with Crippen LogP contribution in [0, 0.1) is 11.7 Å². The molecule has 0 aromatic heterocycles. The Morgan fingerprint density at radius 3 is 2.90 bits per heavy atom. The number of halogens is 1. The van der Waals surface area contributed by atoms with Crippen molar-refractivity contribution in [1.82, 2.24) is 0 Å². The minimum Gasteiger partial charge on any atom is -0.491 e. The second-order valence-corrected chi connectivity index (χ2v) is 4.63. The van der Waals surface area contributed by atoms with E-state index in [0.29, 0.717) is 18.7 Å². The third-order valence-corrected chi connectivity index (χ3v) is 3.29. The molecule has 0 bridgehead atoms. The summed E-state index contributed by atoms with van der Waals surface area (Å²) >= 11 is 0. The maximum atomic E-state index is 13.8. The van der Waals surface area contributed by atoms with E-state index in [-0.39, 0.29) is 24.6 Å². The quantitative estimate of drug-likeness (QED) is 0.917. The Balaban J connectivity index is 2.23. The van der Waals surface area contributed by atoms with Crippen molar-refractivity contribution in [2.24, 2.45) is 5.92 Å². The first-order valence-electron chi connectivity index (χ1n) is 6.48. The van der Waals surface area contributed by atoms with Crippen molar-refractivity contribution in [1.29, 1.82) is 0 Å². The lowest BCUT2D eigenvalue weighted by Gasteiger charge is -2.30. The smallest absolute Gasteiger partial charge is 0.308 e. The van der Waals surface area contributed by atoms with Gasteiger partial charge in [-0.1, -0.05) is 0 Å². The molecule has 1 fully saturated rings. The lowest BCUT2D eigenvalue weighted by molar-refractivity contribution is -0.142. The molecule has 1 N–H and O–H groups in total. The minimum absolute atomic E-state index is 0.0710. The van der Waals surface area contributed by atoms with Gasteiger partial charge in [0.2, 0.25) is 5.91 Å². The maximum absolute atomic E-state index is 13.8. The molecule has 0 saturated carbocycles. The molecule has 1 unspecified atom stereocenters. The summed E-state index contributed by atoms with van der Waals surface area (Å²) in [5, 5.41) is 9.03. The van der Waals surface area contributed by atoms with Gasteiger partial charge >= 0.3 is 5.97 Å². The molecule has 20 heavy (non-hydrogen) atoms. The summed E-state index contributed by atoms with van der Waals surface area (Å²) in [6.45, 7) is 2.17. The summed E-state index contributed by atoms with van der Waals surface area (Å²) in [4.78, 5) is 24.2. The van der Waals surface area contributed by atoms with Crippen LogP contribution in [0.15, 0.2) is 18.2 Å². The van der Waals surface area contributed by atoms with E-state index in [1.54, 1.807) is 13.0 Å². The molecule has 0 aliphatic carbocycles. The summed E-state index contributed by atoms with van der Waals surface area (Å²) in [6.07, 6.45) is 0.482. The molecular weight excluding hydrogens is 265 g/mol. The number of carboxylic acids is 1. The Labute approximate surface area is 116 Å². The fourth-order valence-electron chi connectivity index (χ4n) is 2.23. The van der Waals surface area contributed by atoms with Crippen molar-refractivity contribution in [3.8, 4) is 5.75 Å². The number of piperidine rings is 1. The monoisotopic (exact) mass is 281 g/mol. The number of amides is 1. The molecule has 1 aromatic rings. The van der Waals surface area contributed by atoms with Gasteiger partial charge in [0.05, 0.1) is 12.5 Å². The number of hydrogen-bond acceptors (Lipinski definition) is 3. The topological polar surface area (TPSA) is 66.8 Å². The SMILES string of the molecule is CCOc1ccc(N2CC(C(=O)O)CCC2=O)cc1F. The fraction of sp³-hybridized carbons (Fsp3) is 0.429. The number of nitrogens with zero attached hydrogens (tertiary/aromatic N) is 1. The first-order chi connectivity index (χ1) is 9.52. The predicted octanol–water partition coefficient (Wildman–Crippen LogP) is 2.05. The zero-order valence-corrected chi connectivity index (χ0v) is 11.1. The minimum atomic E-state index is -0.936. The highest BCUT2D eigenvalue weighted by Gasteiger charge is 2.31. The van der Waals surface area contributed by atoms with E-state index in [2.05, 4.69) is 0 Å². The van der Waals surface area contributed by atoms with Crippen molar-refractivity contribution in [3.05, 3.63) is 24.0 Å². The molecule has 1 aromatic carbocycles. The number of ether oxygens (including phenoxy) is 1. The second kappa shape index (κ2) is 5.90. The third kappa shape index (κ3) is 2.89. The number of aliphatic carboxylic acids is 1. The van der Waals surface area contributed by atoms with E-state index in [0.717, 1.165) is 0 Å². The van der Waals surface area contributed by atoms with Crippen LogP contribution in [0.1, 0.15) is 19.8 Å². The Morgan fingerprint density at radius 2 is 2.30 bits per heavy atom. The van der Waals surface area contributed by atoms with Crippen molar-refractivity contribution in [3.63, 3.8) is 0 Å². The van der Waals surface area contributed by atoms with E-state index in [4.69, 9.17) is 9.84 Å². The Kier molecular flexibility index (Phi) is 4.22. The summed E-state index contributed by atoms with van der Waals surface area (Å²) in [5.74, 6) is -2.17. The van der Waals surface area contributed by atoms with Gasteiger partial charge in [-0.25, -0.2) is 4.39 Å². The highest BCUT2D eigenvalue weighted by Crippen LogP contribution is 2.28. The van der Waals surface area contributed by atoms with Crippen molar-refractivity contribution in [2.75, 3.05) is 18.1 Å². The number of benzene rings is 1. The van der Waals surface area contributed by atoms with Crippen molar-refractivity contribution in [2.45, 2.75) is 19.8 Å². The maximum Gasteiger partial charge on any atom is 0.308 e. The largest absolute Gasteiger partial charge is 0.491 e. The number of hydrogen-bond donors (Lipinski definition) is 1. The average molecular weight is 281 g/mol. The molecular formula is C14H16FNO4. The molecule has 5 nitrogen and oxygen atoms in total. The van der Waals surface area contributed by atoms with Crippen LogP contribution in [0.3, 0.4) is 0 Å². The number of carbonyl (C=O) groups is 2. The van der Waals surface area contributed by atoms with Gasteiger partial charge in [0.25, 0.3) is 0 Å². The van der Waals surface area contributed by atoms with E-state index < -0.39 is 17.7 Å². The zero-order chi connectivity index (χ0) is 14.7. The van der Waals surface area contributed by atoms with Gasteiger partial charge in [-0.15, -0.1) is 0 Å². The summed E-state index contributed by atoms with van der Waals surface area (Å²) in [6, 6.07) is 4.22. The van der Waals surface area contributed by atoms with Crippen LogP contribution < -0.4 is 9.64 Å². The number of carbonyl (C=O) groups excluding carboxylic acids is 1. The van der Waals surface area contributed by atoms with Crippen LogP contribution >= 0.6 is 0 Å². The van der Waals surface area contributed by atoms with Gasteiger partial charge < -0.3 is 14.7 Å². The normalized spacial score (nSPS) is 19.0. The van der Waals surface area contributed by atoms with Gasteiger partial charge in [-0.05, 0) is 25.5 Å². The molecule has 0 radical (unpaired) electrons. The first-order valence-corrected chi connectivity index (χ1v) is 6.48. The van der Waals surface area contributed by atoms with E-state index in [1.807, 2.05) is 0 Å². The van der Waals surface area contributed by atoms with Gasteiger partial charge in [-0.2, -0.15) is 0 Å². The standard InChI is InChI=1S/C14H16FNO4/c1-2-20-12-5-4-10(7-11(12)15)16-8-9(14(18)19)3-6-13(16)17/h4-5,7,9H,2-3,6,8H2,1H3,(H,18,19). The van der Waals surface area contributed by atoms with Gasteiger partial charge in [-0.3, -0.25) is 9.59 Å². The number of rotatable bonds is 4. The van der Waals surface area contributed by atoms with Crippen molar-refractivity contribution < 1.29 is 23.8 Å². The second-order valence-electron chi connectivity index (χ2n) is 4.63. The number of carboxylic acid groups (broad SMARTS) is 1. The molecule has 108 valence electrons. The fourth-order valence-corrected chi connectivity index (χ4v) is 2.23. The molecule has 1 amide bonds. The summed E-state index contributed by atoms with van der Waals surface area (Å²) < 4.78 is 18.9. The van der Waals surface area contributed by atoms with Gasteiger partial charge in [0.1, 0.15) is 0 Å². The van der Waals surface area contributed by atoms with Crippen LogP contribution in [0.5, 0.6) is 5.75 Å². The molecule has 1 heterocycles. The van der Waals surface area contributed by atoms with Crippen molar-refractivity contribution >= 4 is 17.6 Å². The lowest BCUT2D eigenvalue weighted by Crippen LogP contribution is -2.42. The van der Waals surface area contributed by atoms with E-state index in [1.165, 1.54) is 17.0 Å². The molecule has 1 aliphatic rings. The average Bonchev–Trinajstić information content (AvgIpc) is 2.41. The molecule has 1 saturated heterocycles. The van der Waals surface area contributed by atoms with Crippen LogP contribution in [0.4, 0.5) is 10.1 Å². The third-order valence-electron chi connectivity index (χ3n) is 3.29. The molecule has 1 atom stereocenters. The van der Waals surface area contributed by atoms with Crippen LogP contribution in [0.25, 0.3) is 0 Å². The molecule has 6 heteroatoms. The summed E-state index contributed by atoms with van der Waals surface area (Å²) in [5.41, 5.74) is 0.363. The lowest BCUT2D eigenvalue weighted by atomic mass is 9.97. The van der Waals surface area contributed by atoms with E-state index >= 15 is 0 Å². The Morgan fingerprint density at radius 1 is 1.55 bits per heavy atom. The Bertz CT molecular complexity index is 532. The number of anilines is 1. The molecule has 1 aliphatic heterocycles. The highest BCUT2D eigenvalue weighted by molar-refractivity contribution is 5.95. The van der Waals surface area contributed by atoms with Gasteiger partial charge in [0, 0.05) is 24.7 Å². The van der Waals surface area contributed by atoms with Crippen LogP contribution in [-0.4, -0.2) is 30.1 Å². The first kappa shape index (κ1) is 14.3. The summed E-state index contributed by atoms with van der Waals surface area (Å²) in [7, 11) is 0. The zero-order valence-electron chi connectivity index (χ0n) is 11.1. The highest BCUT2D eigenvalue weighted by atomic mass is 19.1. The van der Waals surface area contributed by atoms with Gasteiger partial charge in [0.15, 0.2) is 11.6 Å². The van der Waals surface area contributed by atoms with E-state index in [9.17, 15) is 14.0 Å². The Hall–Kier alpha value is -2.11. The molecule has 0 spiro atoms. The molecule has 2 rings (SSSR count). The van der Waals surface area contributed by atoms with Crippen LogP contribution in [0.2, 0.25) is 0 Å². The van der Waals surface area contributed by atoms with Crippen LogP contribution in [-0.2, 0) is 9.59 Å².